The van der Waals surface area contributed by atoms with Crippen molar-refractivity contribution in [3.8, 4) is 28.7 Å². The van der Waals surface area contributed by atoms with Gasteiger partial charge in [0.2, 0.25) is 0 Å². The molecular formula is C22H28N3O2+. The molecule has 1 atom stereocenters. The van der Waals surface area contributed by atoms with Gasteiger partial charge in [-0.25, -0.2) is 4.98 Å². The fourth-order valence-corrected chi connectivity index (χ4v) is 3.96. The molecule has 4 N–H and O–H groups in total. The number of nitrogens with zero attached hydrogens (tertiary/aromatic N) is 1. The Morgan fingerprint density at radius 3 is 2.74 bits per heavy atom. The van der Waals surface area contributed by atoms with Crippen LogP contribution in [0.25, 0.3) is 11.1 Å². The van der Waals surface area contributed by atoms with Crippen LogP contribution in [0.2, 0.25) is 0 Å². The van der Waals surface area contributed by atoms with Crippen LogP contribution in [0.4, 0.5) is 5.82 Å². The van der Waals surface area contributed by atoms with Crippen LogP contribution in [0.3, 0.4) is 0 Å². The molecule has 27 heavy (non-hydrogen) atoms. The summed E-state index contributed by atoms with van der Waals surface area (Å²) in [6.07, 6.45) is 2.90. The van der Waals surface area contributed by atoms with E-state index in [1.54, 1.807) is 12.1 Å². The largest absolute Gasteiger partial charge is 0.504 e. The first kappa shape index (κ1) is 19.0. The number of phenolic OH excluding ortho intramolecular Hbond substituents is 1. The number of hydrogen-bond donors (Lipinski definition) is 2. The van der Waals surface area contributed by atoms with Gasteiger partial charge in [-0.3, -0.25) is 5.73 Å². The molecule has 1 heterocycles. The molecule has 2 aromatic rings. The smallest absolute Gasteiger partial charge is 0.289 e. The number of hydrogen-bond acceptors (Lipinski definition) is 4. The zero-order valence-electron chi connectivity index (χ0n) is 16.5. The van der Waals surface area contributed by atoms with E-state index in [9.17, 15) is 10.4 Å². The Hall–Kier alpha value is -2.74. The first-order chi connectivity index (χ1) is 12.8. The number of rotatable bonds is 3. The molecule has 5 heteroatoms. The summed E-state index contributed by atoms with van der Waals surface area (Å²) in [6, 6.07) is 7.52. The Morgan fingerprint density at radius 1 is 1.37 bits per heavy atom. The number of anilines is 1. The van der Waals surface area contributed by atoms with E-state index in [-0.39, 0.29) is 11.2 Å². The number of nitrogens with two attached hydrogens (primary N) is 1. The van der Waals surface area contributed by atoms with Gasteiger partial charge in [0.1, 0.15) is 17.3 Å². The molecule has 0 saturated heterocycles. The van der Waals surface area contributed by atoms with Crippen molar-refractivity contribution in [3.05, 3.63) is 35.0 Å². The Labute approximate surface area is 160 Å². The maximum atomic E-state index is 10.1. The zero-order valence-corrected chi connectivity index (χ0v) is 16.5. The Bertz CT molecular complexity index is 907. The lowest BCUT2D eigenvalue weighted by Gasteiger charge is -2.35. The van der Waals surface area contributed by atoms with Crippen LogP contribution in [0, 0.1) is 22.7 Å². The molecule has 0 radical (unpaired) electrons. The summed E-state index contributed by atoms with van der Waals surface area (Å²) in [5.74, 6) is 1.43. The molecule has 0 aliphatic heterocycles. The number of aromatic amines is 1. The summed E-state index contributed by atoms with van der Waals surface area (Å²) in [6.45, 7) is 9.13. The highest BCUT2D eigenvalue weighted by Crippen LogP contribution is 2.42. The number of aryl methyl sites for hydroxylation is 1. The van der Waals surface area contributed by atoms with E-state index in [1.807, 2.05) is 13.0 Å². The third-order valence-electron chi connectivity index (χ3n) is 5.55. The summed E-state index contributed by atoms with van der Waals surface area (Å²) < 4.78 is 5.55. The Morgan fingerprint density at radius 2 is 2.11 bits per heavy atom. The fraction of sp³-hybridized carbons (Fsp3) is 0.455. The normalized spacial score (nSPS) is 16.5. The van der Waals surface area contributed by atoms with E-state index in [0.717, 1.165) is 41.6 Å². The lowest BCUT2D eigenvalue weighted by atomic mass is 9.70. The maximum absolute atomic E-state index is 10.1. The predicted octanol–water partition coefficient (Wildman–Crippen LogP) is 3.88. The molecule has 142 valence electrons. The molecule has 5 nitrogen and oxygen atoms in total. The molecule has 1 aliphatic carbocycles. The van der Waals surface area contributed by atoms with Crippen LogP contribution < -0.4 is 15.5 Å². The number of pyridine rings is 1. The number of fused-ring (bicyclic) bond motifs is 1. The summed E-state index contributed by atoms with van der Waals surface area (Å²) in [7, 11) is 0. The van der Waals surface area contributed by atoms with Crippen molar-refractivity contribution in [2.45, 2.75) is 47.0 Å². The number of aromatic nitrogens is 1. The number of benzene rings is 1. The molecule has 0 spiro atoms. The summed E-state index contributed by atoms with van der Waals surface area (Å²) in [4.78, 5) is 3.26. The second-order valence-corrected chi connectivity index (χ2v) is 8.28. The van der Waals surface area contributed by atoms with Crippen molar-refractivity contribution in [1.29, 1.82) is 5.26 Å². The van der Waals surface area contributed by atoms with Gasteiger partial charge in [0.05, 0.1) is 6.61 Å². The molecule has 0 fully saturated rings. The molecule has 1 aliphatic rings. The predicted molar refractivity (Wildman–Crippen MR) is 105 cm³/mol. The average Bonchev–Trinajstić information content (AvgIpc) is 2.61. The minimum Gasteiger partial charge on any atom is -0.504 e. The van der Waals surface area contributed by atoms with E-state index in [0.29, 0.717) is 29.7 Å². The SMILES string of the molecule is CCOc1cc(-c2c(C#N)c(N)[nH+]c3c2C[C@H](C(C)(C)C)CC3)ccc1O. The van der Waals surface area contributed by atoms with E-state index in [1.165, 1.54) is 0 Å². The maximum Gasteiger partial charge on any atom is 0.289 e. The van der Waals surface area contributed by atoms with Gasteiger partial charge < -0.3 is 9.84 Å². The van der Waals surface area contributed by atoms with E-state index in [2.05, 4.69) is 31.8 Å². The van der Waals surface area contributed by atoms with Crippen LogP contribution in [0.15, 0.2) is 18.2 Å². The lowest BCUT2D eigenvalue weighted by Crippen LogP contribution is -2.32. The highest BCUT2D eigenvalue weighted by molar-refractivity contribution is 5.79. The van der Waals surface area contributed by atoms with Gasteiger partial charge in [-0.2, -0.15) is 5.26 Å². The van der Waals surface area contributed by atoms with Crippen LogP contribution in [-0.4, -0.2) is 11.7 Å². The summed E-state index contributed by atoms with van der Waals surface area (Å²) >= 11 is 0. The number of aromatic hydroxyl groups is 1. The molecule has 0 amide bonds. The average molecular weight is 366 g/mol. The number of H-pyrrole nitrogens is 1. The summed E-state index contributed by atoms with van der Waals surface area (Å²) in [5.41, 5.74) is 10.8. The van der Waals surface area contributed by atoms with Gasteiger partial charge in [0.15, 0.2) is 11.5 Å². The molecule has 0 unspecified atom stereocenters. The second-order valence-electron chi connectivity index (χ2n) is 8.28. The van der Waals surface area contributed by atoms with Crippen molar-refractivity contribution < 1.29 is 14.8 Å². The van der Waals surface area contributed by atoms with Gasteiger partial charge in [0, 0.05) is 17.5 Å². The van der Waals surface area contributed by atoms with Crippen molar-refractivity contribution in [2.75, 3.05) is 12.3 Å². The van der Waals surface area contributed by atoms with E-state index < -0.39 is 0 Å². The second kappa shape index (κ2) is 7.11. The van der Waals surface area contributed by atoms with Gasteiger partial charge >= 0.3 is 0 Å². The third-order valence-corrected chi connectivity index (χ3v) is 5.55. The Kier molecular flexibility index (Phi) is 5.01. The number of phenols is 1. The molecular weight excluding hydrogens is 338 g/mol. The van der Waals surface area contributed by atoms with Crippen LogP contribution >= 0.6 is 0 Å². The topological polar surface area (TPSA) is 93.4 Å². The molecule has 1 aromatic carbocycles. The quantitative estimate of drug-likeness (QED) is 0.862. The zero-order chi connectivity index (χ0) is 19.8. The highest BCUT2D eigenvalue weighted by atomic mass is 16.5. The van der Waals surface area contributed by atoms with Crippen molar-refractivity contribution >= 4 is 5.82 Å². The number of nitrogen functional groups attached to an aromatic ring is 1. The van der Waals surface area contributed by atoms with Crippen molar-refractivity contribution in [1.82, 2.24) is 0 Å². The van der Waals surface area contributed by atoms with Gasteiger partial charge in [-0.1, -0.05) is 26.8 Å². The van der Waals surface area contributed by atoms with E-state index >= 15 is 0 Å². The third kappa shape index (κ3) is 3.57. The highest BCUT2D eigenvalue weighted by Gasteiger charge is 2.34. The molecule has 1 aromatic heterocycles. The van der Waals surface area contributed by atoms with Crippen LogP contribution in [0.1, 0.15) is 50.9 Å². The fourth-order valence-electron chi connectivity index (χ4n) is 3.96. The van der Waals surface area contributed by atoms with Gasteiger partial charge in [0.25, 0.3) is 5.82 Å². The number of ether oxygens (including phenoxy) is 1. The standard InChI is InChI=1S/C22H27N3O2/c1-5-27-19-10-13(6-9-18(19)26)20-15-11-14(22(2,3)4)7-8-17(15)25-21(24)16(20)12-23/h6,9-10,14,26H,5,7-8,11H2,1-4H3,(H2,24,25)/p+1/t14-/m1/s1. The first-order valence-corrected chi connectivity index (χ1v) is 9.49. The van der Waals surface area contributed by atoms with Crippen molar-refractivity contribution in [2.24, 2.45) is 11.3 Å². The first-order valence-electron chi connectivity index (χ1n) is 9.49. The molecule has 3 rings (SSSR count). The number of nitrogens with one attached hydrogen (secondary N) is 1. The Balaban J connectivity index is 2.22. The minimum absolute atomic E-state index is 0.0935. The van der Waals surface area contributed by atoms with Gasteiger partial charge in [-0.15, -0.1) is 0 Å². The van der Waals surface area contributed by atoms with E-state index in [4.69, 9.17) is 10.5 Å². The van der Waals surface area contributed by atoms with Crippen LogP contribution in [-0.2, 0) is 12.8 Å². The molecule has 0 saturated carbocycles. The van der Waals surface area contributed by atoms with Gasteiger partial charge in [-0.05, 0) is 48.8 Å². The van der Waals surface area contributed by atoms with Crippen molar-refractivity contribution in [3.63, 3.8) is 0 Å². The monoisotopic (exact) mass is 366 g/mol. The number of nitriles is 1. The van der Waals surface area contributed by atoms with Crippen LogP contribution in [0.5, 0.6) is 11.5 Å². The summed E-state index contributed by atoms with van der Waals surface area (Å²) in [5, 5.41) is 19.8. The lowest BCUT2D eigenvalue weighted by molar-refractivity contribution is -0.375. The minimum atomic E-state index is 0.0935. The molecule has 0 bridgehead atoms.